The van der Waals surface area contributed by atoms with Crippen molar-refractivity contribution >= 4 is 23.2 Å². The Morgan fingerprint density at radius 2 is 1.67 bits per heavy atom. The Morgan fingerprint density at radius 1 is 0.917 bits per heavy atom. The molecule has 0 aliphatic rings. The molecule has 1 heterocycles. The van der Waals surface area contributed by atoms with E-state index in [0.717, 1.165) is 11.1 Å². The number of nitrogens with zero attached hydrogens (tertiary/aromatic N) is 1. The maximum Gasteiger partial charge on any atom is 0.258 e. The van der Waals surface area contributed by atoms with Gasteiger partial charge in [-0.3, -0.25) is 4.79 Å². The lowest BCUT2D eigenvalue weighted by Crippen LogP contribution is -2.12. The number of anilines is 1. The van der Waals surface area contributed by atoms with E-state index < -0.39 is 0 Å². The third-order valence-corrected chi connectivity index (χ3v) is 3.55. The van der Waals surface area contributed by atoms with Crippen molar-refractivity contribution in [3.05, 3.63) is 94.8 Å². The highest BCUT2D eigenvalue weighted by atomic mass is 35.5. The molecule has 3 aromatic rings. The average Bonchev–Trinajstić information content (AvgIpc) is 2.61. The standard InChI is InChI=1S/C20H13ClN2O/c21-19-18(10-5-13-22-19)20(24)23-17-9-4-8-16(14-17)12-11-15-6-2-1-3-7-15/h1-10,13-14H,(H,23,24). The molecular weight excluding hydrogens is 320 g/mol. The lowest BCUT2D eigenvalue weighted by atomic mass is 10.1. The second-order valence-electron chi connectivity index (χ2n) is 4.99. The quantitative estimate of drug-likeness (QED) is 0.558. The number of benzene rings is 2. The van der Waals surface area contributed by atoms with Crippen LogP contribution in [0.25, 0.3) is 0 Å². The number of carbonyl (C=O) groups is 1. The number of nitrogens with one attached hydrogen (secondary N) is 1. The van der Waals surface area contributed by atoms with Crippen molar-refractivity contribution < 1.29 is 4.79 Å². The van der Waals surface area contributed by atoms with Crippen LogP contribution in [0.2, 0.25) is 5.15 Å². The molecule has 1 N–H and O–H groups in total. The number of hydrogen-bond acceptors (Lipinski definition) is 2. The number of hydrogen-bond donors (Lipinski definition) is 1. The summed E-state index contributed by atoms with van der Waals surface area (Å²) in [5, 5.41) is 2.98. The summed E-state index contributed by atoms with van der Waals surface area (Å²) in [6.07, 6.45) is 1.54. The first kappa shape index (κ1) is 15.8. The zero-order valence-electron chi connectivity index (χ0n) is 12.7. The van der Waals surface area contributed by atoms with Gasteiger partial charge >= 0.3 is 0 Å². The van der Waals surface area contributed by atoms with E-state index in [1.165, 1.54) is 0 Å². The zero-order valence-corrected chi connectivity index (χ0v) is 13.4. The van der Waals surface area contributed by atoms with Crippen molar-refractivity contribution in [1.82, 2.24) is 4.98 Å². The molecule has 4 heteroatoms. The fourth-order valence-electron chi connectivity index (χ4n) is 2.09. The van der Waals surface area contributed by atoms with Crippen molar-refractivity contribution in [2.24, 2.45) is 0 Å². The Kier molecular flexibility index (Phi) is 4.90. The molecule has 0 fully saturated rings. The van der Waals surface area contributed by atoms with Gasteiger partial charge in [-0.05, 0) is 42.5 Å². The van der Waals surface area contributed by atoms with E-state index in [9.17, 15) is 4.79 Å². The third kappa shape index (κ3) is 4.01. The maximum atomic E-state index is 12.3. The molecule has 3 nitrogen and oxygen atoms in total. The number of rotatable bonds is 2. The number of amides is 1. The predicted octanol–water partition coefficient (Wildman–Crippen LogP) is 4.39. The van der Waals surface area contributed by atoms with Gasteiger partial charge in [0.15, 0.2) is 0 Å². The third-order valence-electron chi connectivity index (χ3n) is 3.25. The molecule has 0 radical (unpaired) electrons. The highest BCUT2D eigenvalue weighted by Gasteiger charge is 2.10. The van der Waals surface area contributed by atoms with Crippen LogP contribution in [0.15, 0.2) is 72.9 Å². The molecule has 0 saturated heterocycles. The SMILES string of the molecule is O=C(Nc1cccc(C#Cc2ccccc2)c1)c1cccnc1Cl. The number of halogens is 1. The normalized spacial score (nSPS) is 9.71. The largest absolute Gasteiger partial charge is 0.322 e. The van der Waals surface area contributed by atoms with E-state index in [0.29, 0.717) is 11.3 Å². The second kappa shape index (κ2) is 7.45. The molecule has 0 spiro atoms. The van der Waals surface area contributed by atoms with E-state index in [-0.39, 0.29) is 11.1 Å². The first-order valence-electron chi connectivity index (χ1n) is 7.31. The van der Waals surface area contributed by atoms with Crippen LogP contribution in [0.3, 0.4) is 0 Å². The summed E-state index contributed by atoms with van der Waals surface area (Å²) in [7, 11) is 0. The number of aromatic nitrogens is 1. The molecule has 0 saturated carbocycles. The van der Waals surface area contributed by atoms with Crippen molar-refractivity contribution in [2.45, 2.75) is 0 Å². The molecule has 1 amide bonds. The van der Waals surface area contributed by atoms with E-state index in [2.05, 4.69) is 22.1 Å². The molecule has 0 unspecified atom stereocenters. The van der Waals surface area contributed by atoms with E-state index >= 15 is 0 Å². The summed E-state index contributed by atoms with van der Waals surface area (Å²) >= 11 is 5.94. The van der Waals surface area contributed by atoms with Gasteiger partial charge in [0.25, 0.3) is 5.91 Å². The summed E-state index contributed by atoms with van der Waals surface area (Å²) in [6, 6.07) is 20.4. The topological polar surface area (TPSA) is 42.0 Å². The molecule has 3 rings (SSSR count). The summed E-state index contributed by atoms with van der Waals surface area (Å²) in [5.74, 6) is 5.87. The molecule has 24 heavy (non-hydrogen) atoms. The first-order chi connectivity index (χ1) is 11.7. The Hall–Kier alpha value is -3.09. The van der Waals surface area contributed by atoms with E-state index in [1.54, 1.807) is 24.4 Å². The van der Waals surface area contributed by atoms with Crippen molar-refractivity contribution in [3.8, 4) is 11.8 Å². The Labute approximate surface area is 145 Å². The van der Waals surface area contributed by atoms with E-state index in [4.69, 9.17) is 11.6 Å². The predicted molar refractivity (Wildman–Crippen MR) is 96.1 cm³/mol. The van der Waals surface area contributed by atoms with Crippen molar-refractivity contribution in [2.75, 3.05) is 5.32 Å². The Morgan fingerprint density at radius 3 is 2.46 bits per heavy atom. The highest BCUT2D eigenvalue weighted by Crippen LogP contribution is 2.15. The van der Waals surface area contributed by atoms with Crippen molar-refractivity contribution in [1.29, 1.82) is 0 Å². The van der Waals surface area contributed by atoms with E-state index in [1.807, 2.05) is 48.5 Å². The fourth-order valence-corrected chi connectivity index (χ4v) is 2.30. The summed E-state index contributed by atoms with van der Waals surface area (Å²) in [5.41, 5.74) is 2.74. The van der Waals surface area contributed by atoms with Crippen LogP contribution < -0.4 is 5.32 Å². The van der Waals surface area contributed by atoms with Crippen LogP contribution in [0.1, 0.15) is 21.5 Å². The Bertz CT molecular complexity index is 927. The molecule has 0 aliphatic heterocycles. The monoisotopic (exact) mass is 332 g/mol. The van der Waals surface area contributed by atoms with Gasteiger partial charge in [-0.25, -0.2) is 4.98 Å². The van der Waals surface area contributed by atoms with Gasteiger partial charge in [-0.2, -0.15) is 0 Å². The van der Waals surface area contributed by atoms with Gasteiger partial charge in [-0.15, -0.1) is 0 Å². The smallest absolute Gasteiger partial charge is 0.258 e. The minimum atomic E-state index is -0.304. The first-order valence-corrected chi connectivity index (χ1v) is 7.69. The maximum absolute atomic E-state index is 12.3. The zero-order chi connectivity index (χ0) is 16.8. The van der Waals surface area contributed by atoms with Gasteiger partial charge in [0.1, 0.15) is 5.15 Å². The minimum Gasteiger partial charge on any atom is -0.322 e. The lowest BCUT2D eigenvalue weighted by molar-refractivity contribution is 0.102. The van der Waals surface area contributed by atoms with Gasteiger partial charge in [0, 0.05) is 23.0 Å². The van der Waals surface area contributed by atoms with Crippen LogP contribution in [0, 0.1) is 11.8 Å². The molecule has 0 bridgehead atoms. The second-order valence-corrected chi connectivity index (χ2v) is 5.35. The van der Waals surface area contributed by atoms with Crippen LogP contribution in [0.5, 0.6) is 0 Å². The van der Waals surface area contributed by atoms with Gasteiger partial charge < -0.3 is 5.32 Å². The molecule has 0 aliphatic carbocycles. The van der Waals surface area contributed by atoms with Crippen molar-refractivity contribution in [3.63, 3.8) is 0 Å². The van der Waals surface area contributed by atoms with Crippen LogP contribution >= 0.6 is 11.6 Å². The molecule has 116 valence electrons. The molecule has 2 aromatic carbocycles. The van der Waals surface area contributed by atoms with Gasteiger partial charge in [-0.1, -0.05) is 47.7 Å². The molecule has 1 aromatic heterocycles. The van der Waals surface area contributed by atoms with Crippen LogP contribution in [-0.4, -0.2) is 10.9 Å². The summed E-state index contributed by atoms with van der Waals surface area (Å²) < 4.78 is 0. The van der Waals surface area contributed by atoms with Gasteiger partial charge in [0.05, 0.1) is 5.56 Å². The number of carbonyl (C=O) groups excluding carboxylic acids is 1. The highest BCUT2D eigenvalue weighted by molar-refractivity contribution is 6.33. The van der Waals surface area contributed by atoms with Gasteiger partial charge in [0.2, 0.25) is 0 Å². The minimum absolute atomic E-state index is 0.176. The summed E-state index contributed by atoms with van der Waals surface area (Å²) in [4.78, 5) is 16.2. The lowest BCUT2D eigenvalue weighted by Gasteiger charge is -2.06. The fraction of sp³-hybridized carbons (Fsp3) is 0. The van der Waals surface area contributed by atoms with Crippen LogP contribution in [-0.2, 0) is 0 Å². The molecular formula is C20H13ClN2O. The van der Waals surface area contributed by atoms with Crippen LogP contribution in [0.4, 0.5) is 5.69 Å². The summed E-state index contributed by atoms with van der Waals surface area (Å²) in [6.45, 7) is 0. The average molecular weight is 333 g/mol. The molecule has 0 atom stereocenters. The number of pyridine rings is 1. The Balaban J connectivity index is 1.78.